The van der Waals surface area contributed by atoms with E-state index in [9.17, 15) is 0 Å². The van der Waals surface area contributed by atoms with Gasteiger partial charge in [0.25, 0.3) is 0 Å². The zero-order valence-electron chi connectivity index (χ0n) is 9.99. The Bertz CT molecular complexity index is 415. The molecule has 0 bridgehead atoms. The third kappa shape index (κ3) is 2.17. The Labute approximate surface area is 101 Å². The predicted molar refractivity (Wildman–Crippen MR) is 64.8 cm³/mol. The second kappa shape index (κ2) is 4.11. The van der Waals surface area contributed by atoms with Crippen LogP contribution < -0.4 is 14.8 Å². The molecule has 1 fully saturated rings. The van der Waals surface area contributed by atoms with Gasteiger partial charge in [-0.25, -0.2) is 0 Å². The Balaban J connectivity index is 1.67. The maximum absolute atomic E-state index is 5.55. The molecule has 2 aliphatic rings. The van der Waals surface area contributed by atoms with Gasteiger partial charge in [0.05, 0.1) is 13.2 Å². The highest BCUT2D eigenvalue weighted by atomic mass is 16.6. The summed E-state index contributed by atoms with van der Waals surface area (Å²) in [6.45, 7) is 6.08. The number of benzene rings is 1. The van der Waals surface area contributed by atoms with E-state index in [1.54, 1.807) is 0 Å². The molecule has 4 nitrogen and oxygen atoms in total. The number of ether oxygens (including phenoxy) is 3. The van der Waals surface area contributed by atoms with E-state index in [0.717, 1.165) is 36.9 Å². The number of fused-ring (bicyclic) bond motifs is 1. The molecule has 0 amide bonds. The predicted octanol–water partition coefficient (Wildman–Crippen LogP) is 1.91. The first-order chi connectivity index (χ1) is 8.25. The molecule has 2 heterocycles. The number of hydrogen-bond donors (Lipinski definition) is 1. The molecule has 0 atom stereocenters. The Hall–Kier alpha value is -1.42. The van der Waals surface area contributed by atoms with Crippen LogP contribution in [0.15, 0.2) is 18.2 Å². The van der Waals surface area contributed by atoms with Crippen molar-refractivity contribution in [2.75, 3.05) is 38.3 Å². The average Bonchev–Trinajstić information content (AvgIpc) is 2.34. The van der Waals surface area contributed by atoms with Crippen molar-refractivity contribution in [1.29, 1.82) is 0 Å². The minimum Gasteiger partial charge on any atom is -0.486 e. The Morgan fingerprint density at radius 3 is 2.65 bits per heavy atom. The molecule has 4 heteroatoms. The van der Waals surface area contributed by atoms with Crippen molar-refractivity contribution in [3.63, 3.8) is 0 Å². The van der Waals surface area contributed by atoms with Crippen LogP contribution in [0.5, 0.6) is 11.5 Å². The lowest BCUT2D eigenvalue weighted by Gasteiger charge is -2.38. The van der Waals surface area contributed by atoms with Crippen molar-refractivity contribution in [2.45, 2.75) is 6.92 Å². The van der Waals surface area contributed by atoms with Gasteiger partial charge >= 0.3 is 0 Å². The van der Waals surface area contributed by atoms with Crippen LogP contribution in [-0.4, -0.2) is 33.0 Å². The van der Waals surface area contributed by atoms with Crippen LogP contribution in [-0.2, 0) is 4.74 Å². The summed E-state index contributed by atoms with van der Waals surface area (Å²) in [7, 11) is 0. The molecule has 0 unspecified atom stereocenters. The van der Waals surface area contributed by atoms with Gasteiger partial charge in [-0.2, -0.15) is 0 Å². The molecule has 2 aliphatic heterocycles. The third-order valence-corrected chi connectivity index (χ3v) is 3.16. The molecule has 17 heavy (non-hydrogen) atoms. The molecule has 1 aromatic rings. The summed E-state index contributed by atoms with van der Waals surface area (Å²) in [6, 6.07) is 5.98. The minimum absolute atomic E-state index is 0.271. The highest BCUT2D eigenvalue weighted by Crippen LogP contribution is 2.33. The second-order valence-electron chi connectivity index (χ2n) is 5.02. The summed E-state index contributed by atoms with van der Waals surface area (Å²) >= 11 is 0. The van der Waals surface area contributed by atoms with E-state index in [4.69, 9.17) is 14.2 Å². The van der Waals surface area contributed by atoms with Crippen molar-refractivity contribution >= 4 is 5.69 Å². The van der Waals surface area contributed by atoms with Crippen LogP contribution in [0.1, 0.15) is 6.92 Å². The molecule has 0 saturated carbocycles. The van der Waals surface area contributed by atoms with Crippen molar-refractivity contribution in [3.05, 3.63) is 18.2 Å². The van der Waals surface area contributed by atoms with Crippen LogP contribution in [0.25, 0.3) is 0 Å². The van der Waals surface area contributed by atoms with E-state index < -0.39 is 0 Å². The van der Waals surface area contributed by atoms with E-state index in [0.29, 0.717) is 13.2 Å². The first-order valence-corrected chi connectivity index (χ1v) is 5.97. The summed E-state index contributed by atoms with van der Waals surface area (Å²) < 4.78 is 16.3. The highest BCUT2D eigenvalue weighted by molar-refractivity contribution is 5.55. The molecule has 0 spiro atoms. The summed E-state index contributed by atoms with van der Waals surface area (Å²) in [5.41, 5.74) is 1.34. The van der Waals surface area contributed by atoms with Gasteiger partial charge in [0, 0.05) is 23.7 Å². The number of hydrogen-bond acceptors (Lipinski definition) is 4. The van der Waals surface area contributed by atoms with Gasteiger partial charge in [0.1, 0.15) is 13.2 Å². The van der Waals surface area contributed by atoms with Crippen LogP contribution in [0, 0.1) is 5.41 Å². The normalized spacial score (nSPS) is 20.5. The lowest BCUT2D eigenvalue weighted by molar-refractivity contribution is -0.0924. The number of rotatable bonds is 3. The van der Waals surface area contributed by atoms with E-state index in [1.807, 2.05) is 18.2 Å². The lowest BCUT2D eigenvalue weighted by atomic mass is 9.89. The molecular formula is C13H17NO3. The largest absolute Gasteiger partial charge is 0.486 e. The monoisotopic (exact) mass is 235 g/mol. The van der Waals surface area contributed by atoms with Gasteiger partial charge in [-0.15, -0.1) is 0 Å². The summed E-state index contributed by atoms with van der Waals surface area (Å²) in [5, 5.41) is 3.42. The zero-order chi connectivity index (χ0) is 11.7. The summed E-state index contributed by atoms with van der Waals surface area (Å²) in [5.74, 6) is 1.66. The molecule has 3 rings (SSSR count). The van der Waals surface area contributed by atoms with E-state index in [1.165, 1.54) is 0 Å². The SMILES string of the molecule is CC1(CNc2ccc3c(c2)OCCO3)COC1. The third-order valence-electron chi connectivity index (χ3n) is 3.16. The van der Waals surface area contributed by atoms with E-state index >= 15 is 0 Å². The van der Waals surface area contributed by atoms with E-state index in [2.05, 4.69) is 12.2 Å². The maximum atomic E-state index is 5.55. The molecule has 92 valence electrons. The fraction of sp³-hybridized carbons (Fsp3) is 0.538. The van der Waals surface area contributed by atoms with Crippen molar-refractivity contribution in [2.24, 2.45) is 5.41 Å². The van der Waals surface area contributed by atoms with Crippen LogP contribution in [0.2, 0.25) is 0 Å². The van der Waals surface area contributed by atoms with Gasteiger partial charge in [0.15, 0.2) is 11.5 Å². The smallest absolute Gasteiger partial charge is 0.163 e. The first-order valence-electron chi connectivity index (χ1n) is 5.97. The highest BCUT2D eigenvalue weighted by Gasteiger charge is 2.32. The summed E-state index contributed by atoms with van der Waals surface area (Å²) in [4.78, 5) is 0. The fourth-order valence-corrected chi connectivity index (χ4v) is 2.02. The van der Waals surface area contributed by atoms with Gasteiger partial charge < -0.3 is 19.5 Å². The maximum Gasteiger partial charge on any atom is 0.163 e. The van der Waals surface area contributed by atoms with E-state index in [-0.39, 0.29) is 5.41 Å². The van der Waals surface area contributed by atoms with Gasteiger partial charge in [-0.3, -0.25) is 0 Å². The molecule has 1 saturated heterocycles. The minimum atomic E-state index is 0.271. The fourth-order valence-electron chi connectivity index (χ4n) is 2.02. The first kappa shape index (κ1) is 10.7. The Kier molecular flexibility index (Phi) is 2.59. The number of nitrogens with one attached hydrogen (secondary N) is 1. The van der Waals surface area contributed by atoms with Gasteiger partial charge in [-0.1, -0.05) is 6.92 Å². The second-order valence-corrected chi connectivity index (χ2v) is 5.02. The molecule has 1 aromatic carbocycles. The standard InChI is InChI=1S/C13H17NO3/c1-13(8-15-9-13)7-14-10-2-3-11-12(6-10)17-5-4-16-11/h2-3,6,14H,4-5,7-9H2,1H3. The molecule has 0 aliphatic carbocycles. The lowest BCUT2D eigenvalue weighted by Crippen LogP contribution is -2.45. The molecule has 0 aromatic heterocycles. The van der Waals surface area contributed by atoms with Crippen LogP contribution in [0.4, 0.5) is 5.69 Å². The average molecular weight is 235 g/mol. The topological polar surface area (TPSA) is 39.7 Å². The van der Waals surface area contributed by atoms with Crippen molar-refractivity contribution in [3.8, 4) is 11.5 Å². The van der Waals surface area contributed by atoms with Crippen molar-refractivity contribution in [1.82, 2.24) is 0 Å². The van der Waals surface area contributed by atoms with Crippen LogP contribution in [0.3, 0.4) is 0 Å². The van der Waals surface area contributed by atoms with Gasteiger partial charge in [0.2, 0.25) is 0 Å². The number of anilines is 1. The Morgan fingerprint density at radius 2 is 1.94 bits per heavy atom. The Morgan fingerprint density at radius 1 is 1.18 bits per heavy atom. The van der Waals surface area contributed by atoms with Crippen molar-refractivity contribution < 1.29 is 14.2 Å². The molecule has 1 N–H and O–H groups in total. The molecule has 0 radical (unpaired) electrons. The van der Waals surface area contributed by atoms with Crippen LogP contribution >= 0.6 is 0 Å². The molecular weight excluding hydrogens is 218 g/mol. The van der Waals surface area contributed by atoms with Gasteiger partial charge in [-0.05, 0) is 12.1 Å². The zero-order valence-corrected chi connectivity index (χ0v) is 9.99. The quantitative estimate of drug-likeness (QED) is 0.868. The summed E-state index contributed by atoms with van der Waals surface area (Å²) in [6.07, 6.45) is 0.